The summed E-state index contributed by atoms with van der Waals surface area (Å²) in [5.41, 5.74) is 7.52. The quantitative estimate of drug-likeness (QED) is 0.780. The van der Waals surface area contributed by atoms with Crippen LogP contribution in [0.1, 0.15) is 5.69 Å². The molecule has 0 bridgehead atoms. The summed E-state index contributed by atoms with van der Waals surface area (Å²) in [6.07, 6.45) is 2.48. The van der Waals surface area contributed by atoms with Crippen LogP contribution in [0.25, 0.3) is 5.69 Å². The lowest BCUT2D eigenvalue weighted by Gasteiger charge is -2.08. The molecular formula is C16H16N4O. The smallest absolute Gasteiger partial charge is 0.127 e. The maximum atomic E-state index is 5.76. The van der Waals surface area contributed by atoms with Crippen LogP contribution in [0.3, 0.4) is 0 Å². The van der Waals surface area contributed by atoms with Crippen LogP contribution < -0.4 is 10.5 Å². The molecule has 0 fully saturated rings. The van der Waals surface area contributed by atoms with Crippen LogP contribution in [0.5, 0.6) is 11.5 Å². The number of hydrogen-bond donors (Lipinski definition) is 1. The molecule has 0 spiro atoms. The second kappa shape index (κ2) is 6.19. The summed E-state index contributed by atoms with van der Waals surface area (Å²) in [7, 11) is 0. The number of ether oxygens (including phenoxy) is 1. The van der Waals surface area contributed by atoms with Gasteiger partial charge in [0.05, 0.1) is 17.6 Å². The minimum atomic E-state index is 0.572. The molecule has 0 atom stereocenters. The highest BCUT2D eigenvalue weighted by atomic mass is 16.5. The number of para-hydroxylation sites is 1. The summed E-state index contributed by atoms with van der Waals surface area (Å²) in [6.45, 7) is 0.572. The van der Waals surface area contributed by atoms with Gasteiger partial charge in [-0.05, 0) is 42.9 Å². The van der Waals surface area contributed by atoms with E-state index in [0.717, 1.165) is 29.3 Å². The number of nitrogens with zero attached hydrogens (tertiary/aromatic N) is 3. The minimum Gasteiger partial charge on any atom is -0.457 e. The fraction of sp³-hybridized carbons (Fsp3) is 0.125. The van der Waals surface area contributed by atoms with Crippen LogP contribution in [0.2, 0.25) is 0 Å². The van der Waals surface area contributed by atoms with Gasteiger partial charge in [0.25, 0.3) is 0 Å². The monoisotopic (exact) mass is 280 g/mol. The van der Waals surface area contributed by atoms with Gasteiger partial charge in [0.1, 0.15) is 11.5 Å². The van der Waals surface area contributed by atoms with E-state index in [9.17, 15) is 0 Å². The van der Waals surface area contributed by atoms with Gasteiger partial charge in [0.2, 0.25) is 0 Å². The van der Waals surface area contributed by atoms with Crippen LogP contribution in [-0.4, -0.2) is 21.5 Å². The van der Waals surface area contributed by atoms with Crippen LogP contribution in [0.4, 0.5) is 0 Å². The summed E-state index contributed by atoms with van der Waals surface area (Å²) in [5, 5.41) is 8.02. The van der Waals surface area contributed by atoms with Crippen molar-refractivity contribution in [2.24, 2.45) is 5.73 Å². The highest BCUT2D eigenvalue weighted by Crippen LogP contribution is 2.22. The van der Waals surface area contributed by atoms with Crippen LogP contribution >= 0.6 is 0 Å². The number of benzene rings is 2. The third-order valence-corrected chi connectivity index (χ3v) is 3.08. The number of nitrogens with two attached hydrogens (primary N) is 1. The standard InChI is InChI=1S/C16H16N4O/c17-11-10-14-12-18-19-20(14)13-6-8-16(9-7-13)21-15-4-2-1-3-5-15/h1-9,12H,10-11,17H2. The van der Waals surface area contributed by atoms with Crippen LogP contribution in [0.15, 0.2) is 60.8 Å². The van der Waals surface area contributed by atoms with Gasteiger partial charge < -0.3 is 10.5 Å². The molecule has 0 aliphatic carbocycles. The molecule has 5 heteroatoms. The van der Waals surface area contributed by atoms with Crippen molar-refractivity contribution in [1.82, 2.24) is 15.0 Å². The predicted octanol–water partition coefficient (Wildman–Crippen LogP) is 2.56. The fourth-order valence-electron chi connectivity index (χ4n) is 2.07. The summed E-state index contributed by atoms with van der Waals surface area (Å²) < 4.78 is 7.55. The first kappa shape index (κ1) is 13.3. The van der Waals surface area contributed by atoms with E-state index in [-0.39, 0.29) is 0 Å². The van der Waals surface area contributed by atoms with Gasteiger partial charge in [-0.1, -0.05) is 23.4 Å². The first-order valence-electron chi connectivity index (χ1n) is 6.80. The van der Waals surface area contributed by atoms with Gasteiger partial charge in [-0.25, -0.2) is 4.68 Å². The average molecular weight is 280 g/mol. The lowest BCUT2D eigenvalue weighted by Crippen LogP contribution is -2.08. The Morgan fingerprint density at radius 1 is 0.952 bits per heavy atom. The second-order valence-electron chi connectivity index (χ2n) is 4.58. The summed E-state index contributed by atoms with van der Waals surface area (Å²) in [5.74, 6) is 1.60. The zero-order valence-corrected chi connectivity index (χ0v) is 11.5. The van der Waals surface area contributed by atoms with Gasteiger partial charge in [-0.2, -0.15) is 0 Å². The second-order valence-corrected chi connectivity index (χ2v) is 4.58. The van der Waals surface area contributed by atoms with E-state index in [0.29, 0.717) is 6.54 Å². The third-order valence-electron chi connectivity index (χ3n) is 3.08. The van der Waals surface area contributed by atoms with E-state index < -0.39 is 0 Å². The molecule has 0 amide bonds. The molecule has 5 nitrogen and oxygen atoms in total. The van der Waals surface area contributed by atoms with Crippen molar-refractivity contribution in [3.05, 3.63) is 66.5 Å². The van der Waals surface area contributed by atoms with E-state index >= 15 is 0 Å². The van der Waals surface area contributed by atoms with Gasteiger partial charge in [0.15, 0.2) is 0 Å². The van der Waals surface area contributed by atoms with Gasteiger partial charge in [0, 0.05) is 6.42 Å². The molecule has 106 valence electrons. The zero-order valence-electron chi connectivity index (χ0n) is 11.5. The molecule has 0 radical (unpaired) electrons. The Balaban J connectivity index is 1.79. The number of rotatable bonds is 5. The molecule has 3 aromatic rings. The van der Waals surface area contributed by atoms with Crippen molar-refractivity contribution in [1.29, 1.82) is 0 Å². The lowest BCUT2D eigenvalue weighted by molar-refractivity contribution is 0.482. The molecule has 0 aliphatic heterocycles. The predicted molar refractivity (Wildman–Crippen MR) is 80.6 cm³/mol. The van der Waals surface area contributed by atoms with Crippen molar-refractivity contribution in [3.63, 3.8) is 0 Å². The van der Waals surface area contributed by atoms with Crippen molar-refractivity contribution in [2.75, 3.05) is 6.54 Å². The first-order chi connectivity index (χ1) is 10.4. The van der Waals surface area contributed by atoms with E-state index in [1.165, 1.54) is 0 Å². The molecule has 3 rings (SSSR count). The summed E-state index contributed by atoms with van der Waals surface area (Å²) >= 11 is 0. The van der Waals surface area contributed by atoms with Gasteiger partial charge >= 0.3 is 0 Å². The Morgan fingerprint density at radius 3 is 2.38 bits per heavy atom. The number of hydrogen-bond acceptors (Lipinski definition) is 4. The van der Waals surface area contributed by atoms with Crippen LogP contribution in [0, 0.1) is 0 Å². The summed E-state index contributed by atoms with van der Waals surface area (Å²) in [4.78, 5) is 0. The Morgan fingerprint density at radius 2 is 1.67 bits per heavy atom. The molecule has 0 aliphatic rings. The van der Waals surface area contributed by atoms with E-state index in [4.69, 9.17) is 10.5 Å². The lowest BCUT2D eigenvalue weighted by atomic mass is 10.2. The van der Waals surface area contributed by atoms with Crippen molar-refractivity contribution >= 4 is 0 Å². The number of aromatic nitrogens is 3. The molecule has 2 aromatic carbocycles. The topological polar surface area (TPSA) is 66.0 Å². The Hall–Kier alpha value is -2.66. The van der Waals surface area contributed by atoms with E-state index in [1.54, 1.807) is 10.9 Å². The Labute approximate surface area is 123 Å². The molecule has 21 heavy (non-hydrogen) atoms. The molecule has 2 N–H and O–H groups in total. The first-order valence-corrected chi connectivity index (χ1v) is 6.80. The molecule has 0 saturated carbocycles. The molecule has 0 saturated heterocycles. The zero-order chi connectivity index (χ0) is 14.5. The maximum absolute atomic E-state index is 5.76. The minimum absolute atomic E-state index is 0.572. The van der Waals surface area contributed by atoms with E-state index in [2.05, 4.69) is 10.3 Å². The van der Waals surface area contributed by atoms with E-state index in [1.807, 2.05) is 54.6 Å². The maximum Gasteiger partial charge on any atom is 0.127 e. The molecule has 1 aromatic heterocycles. The van der Waals surface area contributed by atoms with Crippen molar-refractivity contribution in [3.8, 4) is 17.2 Å². The SMILES string of the molecule is NCCc1cnnn1-c1ccc(Oc2ccccc2)cc1. The average Bonchev–Trinajstić information content (AvgIpc) is 2.98. The third kappa shape index (κ3) is 3.09. The molecule has 1 heterocycles. The highest BCUT2D eigenvalue weighted by Gasteiger charge is 2.05. The van der Waals surface area contributed by atoms with Crippen molar-refractivity contribution < 1.29 is 4.74 Å². The normalized spacial score (nSPS) is 10.5. The summed E-state index contributed by atoms with van der Waals surface area (Å²) in [6, 6.07) is 17.4. The highest BCUT2D eigenvalue weighted by molar-refractivity contribution is 5.39. The van der Waals surface area contributed by atoms with Crippen molar-refractivity contribution in [2.45, 2.75) is 6.42 Å². The largest absolute Gasteiger partial charge is 0.457 e. The molecular weight excluding hydrogens is 264 g/mol. The molecule has 0 unspecified atom stereocenters. The van der Waals surface area contributed by atoms with Gasteiger partial charge in [-0.15, -0.1) is 5.10 Å². The Bertz CT molecular complexity index is 692. The van der Waals surface area contributed by atoms with Gasteiger partial charge in [-0.3, -0.25) is 0 Å². The van der Waals surface area contributed by atoms with Crippen LogP contribution in [-0.2, 0) is 6.42 Å². The fourth-order valence-corrected chi connectivity index (χ4v) is 2.07. The Kier molecular flexibility index (Phi) is 3.93.